The van der Waals surface area contributed by atoms with Crippen molar-refractivity contribution in [3.8, 4) is 22.6 Å². The van der Waals surface area contributed by atoms with Crippen molar-refractivity contribution in [2.45, 2.75) is 50.6 Å². The maximum atomic E-state index is 13.1. The zero-order valence-corrected chi connectivity index (χ0v) is 21.7. The van der Waals surface area contributed by atoms with Crippen molar-refractivity contribution in [1.29, 1.82) is 0 Å². The number of ether oxygens (including phenoxy) is 3. The number of halogens is 2. The Bertz CT molecular complexity index is 1410. The molecule has 0 radical (unpaired) electrons. The van der Waals surface area contributed by atoms with Gasteiger partial charge in [0.1, 0.15) is 17.6 Å². The van der Waals surface area contributed by atoms with Crippen molar-refractivity contribution >= 4 is 16.0 Å². The molecule has 0 amide bonds. The number of nitrogens with two attached hydrogens (primary N) is 1. The number of carbonyl (C=O) groups excluding carboxylic acids is 1. The summed E-state index contributed by atoms with van der Waals surface area (Å²) >= 11 is 0. The molecule has 10 heteroatoms. The zero-order chi connectivity index (χ0) is 27.3. The van der Waals surface area contributed by atoms with Gasteiger partial charge in [0.2, 0.25) is 10.0 Å². The summed E-state index contributed by atoms with van der Waals surface area (Å²) in [6, 6.07) is 17.6. The minimum atomic E-state index is -3.79. The van der Waals surface area contributed by atoms with Gasteiger partial charge in [-0.05, 0) is 53.6 Å². The van der Waals surface area contributed by atoms with Crippen LogP contribution in [0.5, 0.6) is 11.5 Å². The number of aryl methyl sites for hydroxylation is 1. The number of methoxy groups -OCH3 is 1. The fraction of sp³-hybridized carbons (Fsp3) is 0.321. The predicted molar refractivity (Wildman–Crippen MR) is 138 cm³/mol. The molecule has 0 fully saturated rings. The van der Waals surface area contributed by atoms with Gasteiger partial charge in [-0.15, -0.1) is 0 Å². The summed E-state index contributed by atoms with van der Waals surface area (Å²) in [6.45, 7) is -3.02. The molecule has 0 aliphatic carbocycles. The van der Waals surface area contributed by atoms with Gasteiger partial charge in [0.25, 0.3) is 0 Å². The fourth-order valence-corrected chi connectivity index (χ4v) is 5.32. The van der Waals surface area contributed by atoms with Crippen LogP contribution in [0.4, 0.5) is 8.78 Å². The fourth-order valence-electron chi connectivity index (χ4n) is 4.67. The van der Waals surface area contributed by atoms with Gasteiger partial charge >= 0.3 is 12.6 Å². The van der Waals surface area contributed by atoms with Gasteiger partial charge in [0.05, 0.1) is 18.4 Å². The predicted octanol–water partition coefficient (Wildman–Crippen LogP) is 5.50. The van der Waals surface area contributed by atoms with E-state index in [0.29, 0.717) is 34.4 Å². The molecule has 0 saturated heterocycles. The van der Waals surface area contributed by atoms with E-state index in [1.54, 1.807) is 30.3 Å². The summed E-state index contributed by atoms with van der Waals surface area (Å²) in [6.07, 6.45) is 3.08. The van der Waals surface area contributed by atoms with Gasteiger partial charge in [0, 0.05) is 12.0 Å². The Kier molecular flexibility index (Phi) is 8.63. The van der Waals surface area contributed by atoms with Crippen LogP contribution < -0.4 is 14.6 Å². The number of benzene rings is 3. The smallest absolute Gasteiger partial charge is 0.387 e. The number of rotatable bonds is 11. The first kappa shape index (κ1) is 27.5. The molecule has 7 nitrogen and oxygen atoms in total. The van der Waals surface area contributed by atoms with E-state index in [1.807, 2.05) is 24.3 Å². The highest BCUT2D eigenvalue weighted by Gasteiger charge is 2.31. The molecule has 1 unspecified atom stereocenters. The van der Waals surface area contributed by atoms with E-state index in [1.165, 1.54) is 13.2 Å². The maximum absolute atomic E-state index is 13.1. The van der Waals surface area contributed by atoms with Crippen LogP contribution in [-0.2, 0) is 31.7 Å². The van der Waals surface area contributed by atoms with Crippen LogP contribution in [0.15, 0.2) is 60.7 Å². The van der Waals surface area contributed by atoms with Gasteiger partial charge in [-0.2, -0.15) is 8.78 Å². The summed E-state index contributed by atoms with van der Waals surface area (Å²) in [7, 11) is -2.42. The Balaban J connectivity index is 1.66. The SMILES string of the molecule is COC(=O)CCCCCc1cccc(C2Oc3cccc(OC(F)F)c3-c3ccc(CS(N)(=O)=O)cc32)c1. The minimum absolute atomic E-state index is 0.0305. The van der Waals surface area contributed by atoms with Crippen LogP contribution in [0, 0.1) is 0 Å². The van der Waals surface area contributed by atoms with E-state index in [0.717, 1.165) is 36.8 Å². The van der Waals surface area contributed by atoms with E-state index >= 15 is 0 Å². The number of hydrogen-bond donors (Lipinski definition) is 1. The summed E-state index contributed by atoms with van der Waals surface area (Å²) < 4.78 is 65.6. The Morgan fingerprint density at radius 1 is 1.03 bits per heavy atom. The average molecular weight is 546 g/mol. The maximum Gasteiger partial charge on any atom is 0.387 e. The molecule has 1 aliphatic rings. The van der Waals surface area contributed by atoms with E-state index in [2.05, 4.69) is 4.74 Å². The number of unbranched alkanes of at least 4 members (excludes halogenated alkanes) is 2. The van der Waals surface area contributed by atoms with Crippen molar-refractivity contribution in [3.05, 3.63) is 82.9 Å². The molecule has 0 bridgehead atoms. The second-order valence-electron chi connectivity index (χ2n) is 9.12. The molecule has 1 heterocycles. The molecule has 4 rings (SSSR count). The molecule has 2 N–H and O–H groups in total. The molecule has 202 valence electrons. The normalized spacial score (nSPS) is 14.4. The van der Waals surface area contributed by atoms with Crippen molar-refractivity contribution in [3.63, 3.8) is 0 Å². The lowest BCUT2D eigenvalue weighted by molar-refractivity contribution is -0.140. The standard InChI is InChI=1S/C28H29F2NO6S/c1-35-25(32)12-4-2-3-7-18-8-5-9-20(15-18)27-22-16-19(17-38(31,33)34)13-14-21(22)26-23(36-27)10-6-11-24(26)37-28(29)30/h5-6,8-11,13-16,27-28H,2-4,7,12,17H2,1H3,(H2,31,33,34). The molecular formula is C28H29F2NO6S. The highest BCUT2D eigenvalue weighted by Crippen LogP contribution is 2.49. The van der Waals surface area contributed by atoms with Gasteiger partial charge in [0.15, 0.2) is 0 Å². The number of primary sulfonamides is 1. The van der Waals surface area contributed by atoms with E-state index in [9.17, 15) is 22.0 Å². The number of carbonyl (C=O) groups is 1. The van der Waals surface area contributed by atoms with Crippen LogP contribution in [0.1, 0.15) is 54.0 Å². The second kappa shape index (κ2) is 11.9. The van der Waals surface area contributed by atoms with Crippen LogP contribution >= 0.6 is 0 Å². The summed E-state index contributed by atoms with van der Waals surface area (Å²) in [4.78, 5) is 11.3. The Hall–Kier alpha value is -3.50. The Morgan fingerprint density at radius 3 is 2.55 bits per heavy atom. The van der Waals surface area contributed by atoms with Crippen molar-refractivity contribution in [2.24, 2.45) is 5.14 Å². The quantitative estimate of drug-likeness (QED) is 0.252. The summed E-state index contributed by atoms with van der Waals surface area (Å²) in [5, 5.41) is 5.27. The third kappa shape index (κ3) is 6.87. The lowest BCUT2D eigenvalue weighted by atomic mass is 9.87. The molecule has 0 aromatic heterocycles. The van der Waals surface area contributed by atoms with E-state index in [-0.39, 0.29) is 17.5 Å². The molecule has 0 spiro atoms. The second-order valence-corrected chi connectivity index (χ2v) is 10.7. The van der Waals surface area contributed by atoms with Crippen molar-refractivity contribution in [2.75, 3.05) is 7.11 Å². The molecule has 38 heavy (non-hydrogen) atoms. The molecule has 1 aliphatic heterocycles. The van der Waals surface area contributed by atoms with Gasteiger partial charge in [-0.1, -0.05) is 55.0 Å². The first-order chi connectivity index (χ1) is 18.1. The molecule has 0 saturated carbocycles. The average Bonchev–Trinajstić information content (AvgIpc) is 2.86. The number of hydrogen-bond acceptors (Lipinski definition) is 6. The number of fused-ring (bicyclic) bond motifs is 3. The number of sulfonamides is 1. The Labute approximate surface area is 220 Å². The molecule has 3 aromatic carbocycles. The molecular weight excluding hydrogens is 516 g/mol. The van der Waals surface area contributed by atoms with Gasteiger partial charge in [-0.25, -0.2) is 13.6 Å². The Morgan fingerprint density at radius 2 is 1.82 bits per heavy atom. The van der Waals surface area contributed by atoms with Crippen LogP contribution in [0.25, 0.3) is 11.1 Å². The number of alkyl halides is 2. The third-order valence-corrected chi connectivity index (χ3v) is 7.05. The van der Waals surface area contributed by atoms with E-state index < -0.39 is 22.7 Å². The largest absolute Gasteiger partial charge is 0.480 e. The molecule has 3 aromatic rings. The zero-order valence-electron chi connectivity index (χ0n) is 20.9. The highest BCUT2D eigenvalue weighted by molar-refractivity contribution is 7.88. The topological polar surface area (TPSA) is 105 Å². The van der Waals surface area contributed by atoms with Gasteiger partial charge in [-0.3, -0.25) is 4.79 Å². The first-order valence-electron chi connectivity index (χ1n) is 12.2. The van der Waals surface area contributed by atoms with Crippen molar-refractivity contribution < 1.29 is 36.2 Å². The van der Waals surface area contributed by atoms with Gasteiger partial charge < -0.3 is 14.2 Å². The minimum Gasteiger partial charge on any atom is -0.480 e. The number of esters is 1. The monoisotopic (exact) mass is 545 g/mol. The lowest BCUT2D eigenvalue weighted by Crippen LogP contribution is -2.18. The van der Waals surface area contributed by atoms with Crippen LogP contribution in [0.3, 0.4) is 0 Å². The lowest BCUT2D eigenvalue weighted by Gasteiger charge is -2.31. The third-order valence-electron chi connectivity index (χ3n) is 6.31. The highest BCUT2D eigenvalue weighted by atomic mass is 32.2. The van der Waals surface area contributed by atoms with E-state index in [4.69, 9.17) is 14.6 Å². The van der Waals surface area contributed by atoms with Crippen LogP contribution in [-0.4, -0.2) is 28.1 Å². The van der Waals surface area contributed by atoms with Crippen molar-refractivity contribution in [1.82, 2.24) is 0 Å². The summed E-state index contributed by atoms with van der Waals surface area (Å²) in [5.41, 5.74) is 3.97. The van der Waals surface area contributed by atoms with Crippen LogP contribution in [0.2, 0.25) is 0 Å². The first-order valence-corrected chi connectivity index (χ1v) is 13.9. The molecule has 1 atom stereocenters. The summed E-state index contributed by atoms with van der Waals surface area (Å²) in [5.74, 6) is -0.241.